The van der Waals surface area contributed by atoms with Gasteiger partial charge in [0.05, 0.1) is 4.92 Å². The number of benzene rings is 1. The highest BCUT2D eigenvalue weighted by atomic mass is 19.3. The molecule has 1 amide bonds. The number of hydrogen-bond acceptors (Lipinski definition) is 4. The van der Waals surface area contributed by atoms with Crippen molar-refractivity contribution in [1.29, 1.82) is 0 Å². The SMILES string of the molecule is O=C(Nc1cccc([N+](=O)[O-])c1)C(F)(F)C1(O)CCC1. The van der Waals surface area contributed by atoms with Crippen molar-refractivity contribution in [2.75, 3.05) is 5.32 Å². The number of hydrogen-bond donors (Lipinski definition) is 2. The normalized spacial score (nSPS) is 17.1. The third-order valence-electron chi connectivity index (χ3n) is 3.37. The fourth-order valence-corrected chi connectivity index (χ4v) is 1.94. The van der Waals surface area contributed by atoms with Crippen LogP contribution in [0.25, 0.3) is 0 Å². The lowest BCUT2D eigenvalue weighted by atomic mass is 9.75. The first kappa shape index (κ1) is 14.3. The van der Waals surface area contributed by atoms with Crippen LogP contribution in [-0.2, 0) is 4.79 Å². The van der Waals surface area contributed by atoms with Gasteiger partial charge in [-0.15, -0.1) is 0 Å². The smallest absolute Gasteiger partial charge is 0.352 e. The predicted octanol–water partition coefficient (Wildman–Crippen LogP) is 2.08. The average molecular weight is 286 g/mol. The Balaban J connectivity index is 2.15. The van der Waals surface area contributed by atoms with Crippen molar-refractivity contribution in [3.05, 3.63) is 34.4 Å². The van der Waals surface area contributed by atoms with Crippen molar-refractivity contribution >= 4 is 17.3 Å². The van der Waals surface area contributed by atoms with Crippen molar-refractivity contribution < 1.29 is 23.6 Å². The number of anilines is 1. The second kappa shape index (κ2) is 4.78. The molecular weight excluding hydrogens is 274 g/mol. The van der Waals surface area contributed by atoms with Crippen LogP contribution in [0.15, 0.2) is 24.3 Å². The Hall–Kier alpha value is -2.09. The van der Waals surface area contributed by atoms with Crippen molar-refractivity contribution in [2.45, 2.75) is 30.8 Å². The highest BCUT2D eigenvalue weighted by Crippen LogP contribution is 2.44. The van der Waals surface area contributed by atoms with E-state index in [4.69, 9.17) is 0 Å². The summed E-state index contributed by atoms with van der Waals surface area (Å²) < 4.78 is 27.6. The van der Waals surface area contributed by atoms with Crippen LogP contribution in [-0.4, -0.2) is 27.5 Å². The van der Waals surface area contributed by atoms with Crippen LogP contribution >= 0.6 is 0 Å². The number of aliphatic hydroxyl groups is 1. The van der Waals surface area contributed by atoms with Crippen molar-refractivity contribution in [2.24, 2.45) is 0 Å². The fourth-order valence-electron chi connectivity index (χ4n) is 1.94. The van der Waals surface area contributed by atoms with Gasteiger partial charge < -0.3 is 10.4 Å². The summed E-state index contributed by atoms with van der Waals surface area (Å²) in [5.41, 5.74) is -2.77. The molecule has 20 heavy (non-hydrogen) atoms. The van der Waals surface area contributed by atoms with Crippen LogP contribution < -0.4 is 5.32 Å². The van der Waals surface area contributed by atoms with Crippen LogP contribution in [0.2, 0.25) is 0 Å². The van der Waals surface area contributed by atoms with E-state index in [-0.39, 0.29) is 24.2 Å². The maximum absolute atomic E-state index is 13.8. The van der Waals surface area contributed by atoms with E-state index in [1.165, 1.54) is 18.2 Å². The lowest BCUT2D eigenvalue weighted by Gasteiger charge is -2.41. The molecule has 8 heteroatoms. The van der Waals surface area contributed by atoms with Gasteiger partial charge in [0, 0.05) is 17.8 Å². The number of nitro groups is 1. The third-order valence-corrected chi connectivity index (χ3v) is 3.37. The molecule has 1 saturated carbocycles. The minimum Gasteiger partial charge on any atom is -0.383 e. The first-order valence-corrected chi connectivity index (χ1v) is 5.92. The molecule has 0 aromatic heterocycles. The van der Waals surface area contributed by atoms with E-state index in [1.54, 1.807) is 0 Å². The molecule has 2 N–H and O–H groups in total. The van der Waals surface area contributed by atoms with E-state index in [0.717, 1.165) is 6.07 Å². The maximum atomic E-state index is 13.8. The second-order valence-corrected chi connectivity index (χ2v) is 4.72. The summed E-state index contributed by atoms with van der Waals surface area (Å²) >= 11 is 0. The summed E-state index contributed by atoms with van der Waals surface area (Å²) in [4.78, 5) is 21.4. The summed E-state index contributed by atoms with van der Waals surface area (Å²) in [6.07, 6.45) is 0.126. The number of nitrogens with one attached hydrogen (secondary N) is 1. The molecular formula is C12H12F2N2O4. The van der Waals surface area contributed by atoms with Gasteiger partial charge in [-0.3, -0.25) is 14.9 Å². The Labute approximate surface area is 112 Å². The number of alkyl halides is 2. The van der Waals surface area contributed by atoms with Crippen molar-refractivity contribution in [3.63, 3.8) is 0 Å². The molecule has 0 unspecified atom stereocenters. The number of nitro benzene ring substituents is 1. The lowest BCUT2D eigenvalue weighted by Crippen LogP contribution is -2.59. The van der Waals surface area contributed by atoms with E-state index < -0.39 is 22.4 Å². The summed E-state index contributed by atoms with van der Waals surface area (Å²) in [6, 6.07) is 4.67. The molecule has 2 rings (SSSR count). The summed E-state index contributed by atoms with van der Waals surface area (Å²) in [5.74, 6) is -5.60. The summed E-state index contributed by atoms with van der Waals surface area (Å²) in [5, 5.41) is 22.1. The highest BCUT2D eigenvalue weighted by molar-refractivity contribution is 5.97. The molecule has 1 aromatic carbocycles. The number of rotatable bonds is 4. The van der Waals surface area contributed by atoms with Crippen molar-refractivity contribution in [1.82, 2.24) is 0 Å². The van der Waals surface area contributed by atoms with E-state index >= 15 is 0 Å². The number of carbonyl (C=O) groups is 1. The molecule has 0 atom stereocenters. The van der Waals surface area contributed by atoms with Crippen molar-refractivity contribution in [3.8, 4) is 0 Å². The zero-order valence-corrected chi connectivity index (χ0v) is 10.3. The first-order valence-electron chi connectivity index (χ1n) is 5.92. The van der Waals surface area contributed by atoms with Crippen LogP contribution in [0, 0.1) is 10.1 Å². The van der Waals surface area contributed by atoms with E-state index in [9.17, 15) is 28.8 Å². The van der Waals surface area contributed by atoms with Crippen LogP contribution in [0.4, 0.5) is 20.2 Å². The monoisotopic (exact) mass is 286 g/mol. The minimum absolute atomic E-state index is 0.119. The lowest BCUT2D eigenvalue weighted by molar-refractivity contribution is -0.384. The molecule has 6 nitrogen and oxygen atoms in total. The van der Waals surface area contributed by atoms with E-state index in [0.29, 0.717) is 6.42 Å². The quantitative estimate of drug-likeness (QED) is 0.654. The molecule has 0 bridgehead atoms. The number of halogens is 2. The van der Waals surface area contributed by atoms with Gasteiger partial charge in [0.25, 0.3) is 11.6 Å². The fraction of sp³-hybridized carbons (Fsp3) is 0.417. The standard InChI is InChI=1S/C12H12F2N2O4/c13-12(14,11(18)5-2-6-11)10(17)15-8-3-1-4-9(7-8)16(19)20/h1,3-4,7,18H,2,5-6H2,(H,15,17). The minimum atomic E-state index is -3.93. The predicted molar refractivity (Wildman–Crippen MR) is 65.5 cm³/mol. The Morgan fingerprint density at radius 3 is 2.60 bits per heavy atom. The number of amides is 1. The zero-order chi connectivity index (χ0) is 15.0. The molecule has 108 valence electrons. The number of non-ortho nitro benzene ring substituents is 1. The third kappa shape index (κ3) is 2.34. The molecule has 1 aromatic rings. The van der Waals surface area contributed by atoms with E-state index in [1.807, 2.05) is 5.32 Å². The van der Waals surface area contributed by atoms with Crippen LogP contribution in [0.3, 0.4) is 0 Å². The zero-order valence-electron chi connectivity index (χ0n) is 10.3. The average Bonchev–Trinajstić information content (AvgIpc) is 2.35. The van der Waals surface area contributed by atoms with Gasteiger partial charge in [-0.05, 0) is 25.3 Å². The summed E-state index contributed by atoms with van der Waals surface area (Å²) in [6.45, 7) is 0. The molecule has 1 aliphatic carbocycles. The van der Waals surface area contributed by atoms with E-state index in [2.05, 4.69) is 0 Å². The Morgan fingerprint density at radius 1 is 1.45 bits per heavy atom. The van der Waals surface area contributed by atoms with Crippen LogP contribution in [0.5, 0.6) is 0 Å². The van der Waals surface area contributed by atoms with Gasteiger partial charge in [-0.2, -0.15) is 8.78 Å². The molecule has 0 spiro atoms. The van der Waals surface area contributed by atoms with Gasteiger partial charge in [0.15, 0.2) is 0 Å². The molecule has 0 heterocycles. The topological polar surface area (TPSA) is 92.5 Å². The molecule has 1 aliphatic rings. The Bertz CT molecular complexity index is 558. The maximum Gasteiger partial charge on any atom is 0.352 e. The Kier molecular flexibility index (Phi) is 3.43. The molecule has 1 fully saturated rings. The molecule has 0 saturated heterocycles. The van der Waals surface area contributed by atoms with Gasteiger partial charge in [0.1, 0.15) is 5.60 Å². The Morgan fingerprint density at radius 2 is 2.10 bits per heavy atom. The van der Waals surface area contributed by atoms with Gasteiger partial charge >= 0.3 is 5.92 Å². The van der Waals surface area contributed by atoms with Crippen LogP contribution in [0.1, 0.15) is 19.3 Å². The van der Waals surface area contributed by atoms with Gasteiger partial charge in [0.2, 0.25) is 0 Å². The number of carbonyl (C=O) groups excluding carboxylic acids is 1. The second-order valence-electron chi connectivity index (χ2n) is 4.72. The first-order chi connectivity index (χ1) is 9.26. The van der Waals surface area contributed by atoms with Gasteiger partial charge in [-0.1, -0.05) is 6.07 Å². The highest BCUT2D eigenvalue weighted by Gasteiger charge is 2.61. The largest absolute Gasteiger partial charge is 0.383 e. The van der Waals surface area contributed by atoms with Gasteiger partial charge in [-0.25, -0.2) is 0 Å². The molecule has 0 radical (unpaired) electrons. The molecule has 0 aliphatic heterocycles. The summed E-state index contributed by atoms with van der Waals surface area (Å²) in [7, 11) is 0. The number of nitrogens with zero attached hydrogens (tertiary/aromatic N) is 1.